The molecule has 1 saturated heterocycles. The summed E-state index contributed by atoms with van der Waals surface area (Å²) in [5.41, 5.74) is 3.13. The Kier molecular flexibility index (Phi) is 6.74. The lowest BCUT2D eigenvalue weighted by molar-refractivity contribution is -0.133. The fourth-order valence-corrected chi connectivity index (χ4v) is 5.17. The molecule has 4 aromatic rings. The third kappa shape index (κ3) is 4.76. The van der Waals surface area contributed by atoms with Gasteiger partial charge in [0.05, 0.1) is 11.8 Å². The number of aromatic nitrogens is 3. The molecular weight excluding hydrogens is 442 g/mol. The summed E-state index contributed by atoms with van der Waals surface area (Å²) in [6, 6.07) is 30.4. The van der Waals surface area contributed by atoms with Crippen LogP contribution in [0.15, 0.2) is 96.2 Å². The normalized spacial score (nSPS) is 16.5. The van der Waals surface area contributed by atoms with E-state index in [4.69, 9.17) is 0 Å². The van der Waals surface area contributed by atoms with E-state index in [1.807, 2.05) is 88.3 Å². The van der Waals surface area contributed by atoms with Crippen molar-refractivity contribution < 1.29 is 4.79 Å². The Morgan fingerprint density at radius 3 is 2.24 bits per heavy atom. The first-order valence-electron chi connectivity index (χ1n) is 11.4. The molecule has 1 unspecified atom stereocenters. The van der Waals surface area contributed by atoms with Crippen molar-refractivity contribution in [3.8, 4) is 17.1 Å². The molecule has 1 aromatic heterocycles. The maximum absolute atomic E-state index is 13.4. The van der Waals surface area contributed by atoms with Gasteiger partial charge in [0.15, 0.2) is 11.0 Å². The fourth-order valence-electron chi connectivity index (χ4n) is 4.34. The van der Waals surface area contributed by atoms with E-state index in [1.165, 1.54) is 17.3 Å². The highest BCUT2D eigenvalue weighted by molar-refractivity contribution is 7.99. The van der Waals surface area contributed by atoms with Crippen molar-refractivity contribution in [2.24, 2.45) is 0 Å². The summed E-state index contributed by atoms with van der Waals surface area (Å²) in [6.07, 6.45) is 0. The first-order valence-corrected chi connectivity index (χ1v) is 12.4. The summed E-state index contributed by atoms with van der Waals surface area (Å²) in [5, 5.41) is 9.67. The van der Waals surface area contributed by atoms with E-state index in [0.29, 0.717) is 10.9 Å². The number of hydrogen-bond acceptors (Lipinski definition) is 5. The van der Waals surface area contributed by atoms with Gasteiger partial charge in [0.1, 0.15) is 0 Å². The van der Waals surface area contributed by atoms with Crippen molar-refractivity contribution >= 4 is 17.7 Å². The first kappa shape index (κ1) is 22.4. The number of rotatable bonds is 6. The van der Waals surface area contributed by atoms with Crippen LogP contribution in [0.25, 0.3) is 17.1 Å². The second-order valence-corrected chi connectivity index (χ2v) is 9.35. The summed E-state index contributed by atoms with van der Waals surface area (Å²) in [5.74, 6) is 1.20. The zero-order valence-electron chi connectivity index (χ0n) is 19.1. The van der Waals surface area contributed by atoms with Crippen LogP contribution in [0, 0.1) is 0 Å². The second kappa shape index (κ2) is 10.2. The van der Waals surface area contributed by atoms with E-state index in [2.05, 4.69) is 34.3 Å². The second-order valence-electron chi connectivity index (χ2n) is 8.41. The average Bonchev–Trinajstić information content (AvgIpc) is 3.33. The Hall–Kier alpha value is -3.42. The molecule has 34 heavy (non-hydrogen) atoms. The van der Waals surface area contributed by atoms with Gasteiger partial charge in [-0.05, 0) is 24.7 Å². The Morgan fingerprint density at radius 1 is 0.882 bits per heavy atom. The van der Waals surface area contributed by atoms with Crippen LogP contribution in [-0.2, 0) is 4.79 Å². The van der Waals surface area contributed by atoms with E-state index >= 15 is 0 Å². The van der Waals surface area contributed by atoms with Crippen LogP contribution in [0.1, 0.15) is 11.6 Å². The number of amides is 1. The number of likely N-dealkylation sites (N-methyl/N-ethyl adjacent to an activating group) is 1. The quantitative estimate of drug-likeness (QED) is 0.388. The standard InChI is InChI=1S/C27H27N5OS/c1-30-17-18-31(24(19-30)21-11-5-2-6-12-21)25(33)20-34-27-29-28-26(22-13-7-3-8-14-22)32(27)23-15-9-4-10-16-23/h2-16,24H,17-20H2,1H3. The number of piperazine rings is 1. The zero-order valence-corrected chi connectivity index (χ0v) is 19.9. The lowest BCUT2D eigenvalue weighted by Gasteiger charge is -2.40. The number of nitrogens with zero attached hydrogens (tertiary/aromatic N) is 5. The molecule has 5 rings (SSSR count). The van der Waals surface area contributed by atoms with Crippen LogP contribution < -0.4 is 0 Å². The van der Waals surface area contributed by atoms with Crippen molar-refractivity contribution in [2.45, 2.75) is 11.2 Å². The van der Waals surface area contributed by atoms with Gasteiger partial charge in [-0.2, -0.15) is 0 Å². The van der Waals surface area contributed by atoms with Crippen molar-refractivity contribution in [1.82, 2.24) is 24.6 Å². The monoisotopic (exact) mass is 469 g/mol. The van der Waals surface area contributed by atoms with Crippen LogP contribution in [-0.4, -0.2) is 62.9 Å². The Morgan fingerprint density at radius 2 is 1.53 bits per heavy atom. The van der Waals surface area contributed by atoms with E-state index < -0.39 is 0 Å². The molecule has 7 heteroatoms. The summed E-state index contributed by atoms with van der Waals surface area (Å²) in [6.45, 7) is 2.42. The summed E-state index contributed by atoms with van der Waals surface area (Å²) in [4.78, 5) is 17.7. The lowest BCUT2D eigenvalue weighted by atomic mass is 10.0. The molecule has 3 aromatic carbocycles. The molecule has 1 aliphatic rings. The molecule has 1 atom stereocenters. The summed E-state index contributed by atoms with van der Waals surface area (Å²) < 4.78 is 2.03. The minimum absolute atomic E-state index is 0.0555. The summed E-state index contributed by atoms with van der Waals surface area (Å²) >= 11 is 1.44. The predicted octanol–water partition coefficient (Wildman–Crippen LogP) is 4.54. The Bertz CT molecular complexity index is 1230. The maximum Gasteiger partial charge on any atom is 0.233 e. The number of benzene rings is 3. The molecular formula is C27H27N5OS. The molecule has 0 bridgehead atoms. The smallest absolute Gasteiger partial charge is 0.233 e. The molecule has 1 aliphatic heterocycles. The van der Waals surface area contributed by atoms with Crippen molar-refractivity contribution in [3.63, 3.8) is 0 Å². The number of thioether (sulfide) groups is 1. The van der Waals surface area contributed by atoms with Crippen LogP contribution in [0.3, 0.4) is 0 Å². The Balaban J connectivity index is 1.40. The average molecular weight is 470 g/mol. The van der Waals surface area contributed by atoms with E-state index in [9.17, 15) is 4.79 Å². The first-order chi connectivity index (χ1) is 16.7. The van der Waals surface area contributed by atoms with Gasteiger partial charge >= 0.3 is 0 Å². The van der Waals surface area contributed by atoms with Gasteiger partial charge in [-0.25, -0.2) is 0 Å². The molecule has 172 valence electrons. The maximum atomic E-state index is 13.4. The van der Waals surface area contributed by atoms with Crippen LogP contribution in [0.5, 0.6) is 0 Å². The molecule has 0 spiro atoms. The number of para-hydroxylation sites is 1. The van der Waals surface area contributed by atoms with Crippen LogP contribution in [0.4, 0.5) is 0 Å². The molecule has 0 aliphatic carbocycles. The fraction of sp³-hybridized carbons (Fsp3) is 0.222. The highest BCUT2D eigenvalue weighted by atomic mass is 32.2. The largest absolute Gasteiger partial charge is 0.332 e. The molecule has 6 nitrogen and oxygen atoms in total. The van der Waals surface area contributed by atoms with Crippen molar-refractivity contribution in [1.29, 1.82) is 0 Å². The molecule has 0 radical (unpaired) electrons. The van der Waals surface area contributed by atoms with Gasteiger partial charge in [-0.15, -0.1) is 10.2 Å². The van der Waals surface area contributed by atoms with E-state index in [1.54, 1.807) is 0 Å². The molecule has 1 fully saturated rings. The van der Waals surface area contributed by atoms with Crippen molar-refractivity contribution in [2.75, 3.05) is 32.4 Å². The van der Waals surface area contributed by atoms with Crippen LogP contribution in [0.2, 0.25) is 0 Å². The van der Waals surface area contributed by atoms with Crippen LogP contribution >= 0.6 is 11.8 Å². The number of hydrogen-bond donors (Lipinski definition) is 0. The molecule has 1 amide bonds. The third-order valence-electron chi connectivity index (χ3n) is 6.09. The highest BCUT2D eigenvalue weighted by Crippen LogP contribution is 2.30. The summed E-state index contributed by atoms with van der Waals surface area (Å²) in [7, 11) is 2.11. The minimum Gasteiger partial charge on any atom is -0.332 e. The van der Waals surface area contributed by atoms with Gasteiger partial charge in [-0.1, -0.05) is 90.6 Å². The van der Waals surface area contributed by atoms with Gasteiger partial charge in [0, 0.05) is 30.9 Å². The van der Waals surface area contributed by atoms with Gasteiger partial charge < -0.3 is 9.80 Å². The van der Waals surface area contributed by atoms with Gasteiger partial charge in [0.2, 0.25) is 5.91 Å². The predicted molar refractivity (Wildman–Crippen MR) is 136 cm³/mol. The number of carbonyl (C=O) groups excluding carboxylic acids is 1. The molecule has 2 heterocycles. The highest BCUT2D eigenvalue weighted by Gasteiger charge is 2.30. The zero-order chi connectivity index (χ0) is 23.3. The third-order valence-corrected chi connectivity index (χ3v) is 7.01. The molecule has 0 N–H and O–H groups in total. The lowest BCUT2D eigenvalue weighted by Crippen LogP contribution is -2.49. The van der Waals surface area contributed by atoms with Crippen molar-refractivity contribution in [3.05, 3.63) is 96.6 Å². The van der Waals surface area contributed by atoms with E-state index in [0.717, 1.165) is 36.7 Å². The van der Waals surface area contributed by atoms with Gasteiger partial charge in [0.25, 0.3) is 0 Å². The van der Waals surface area contributed by atoms with Gasteiger partial charge in [-0.3, -0.25) is 9.36 Å². The minimum atomic E-state index is 0.0555. The Labute approximate surface area is 204 Å². The molecule has 0 saturated carbocycles. The topological polar surface area (TPSA) is 54.3 Å². The SMILES string of the molecule is CN1CCN(C(=O)CSc2nnc(-c3ccccc3)n2-c2ccccc2)C(c2ccccc2)C1. The number of carbonyl (C=O) groups is 1. The van der Waals surface area contributed by atoms with E-state index in [-0.39, 0.29) is 11.9 Å².